The van der Waals surface area contributed by atoms with Crippen LogP contribution in [0, 0.1) is 28.1 Å². The third-order valence-corrected chi connectivity index (χ3v) is 4.72. The number of aromatic nitrogens is 2. The molecule has 1 unspecified atom stereocenters. The first-order chi connectivity index (χ1) is 14.2. The minimum Gasteiger partial charge on any atom is -0.465 e. The highest BCUT2D eigenvalue weighted by Gasteiger charge is 2.32. The number of hydrogen-bond acceptors (Lipinski definition) is 5. The van der Waals surface area contributed by atoms with Crippen LogP contribution in [0.15, 0.2) is 36.7 Å². The van der Waals surface area contributed by atoms with E-state index in [9.17, 15) is 10.1 Å². The molecule has 7 nitrogen and oxygen atoms in total. The SMILES string of the molecule is CC(C)(C#N)c1ccc(NC(=O)O)nc1.CC(C)(C)CC(C)(C#N)c1ccc(Cl)nc1. The van der Waals surface area contributed by atoms with Crippen molar-refractivity contribution in [2.24, 2.45) is 5.41 Å². The average molecular weight is 442 g/mol. The first-order valence-corrected chi connectivity index (χ1v) is 10.0. The van der Waals surface area contributed by atoms with Gasteiger partial charge in [0.15, 0.2) is 0 Å². The average Bonchev–Trinajstić information content (AvgIpc) is 2.67. The van der Waals surface area contributed by atoms with E-state index in [0.29, 0.717) is 5.15 Å². The van der Waals surface area contributed by atoms with Crippen molar-refractivity contribution in [2.75, 3.05) is 5.32 Å². The van der Waals surface area contributed by atoms with E-state index in [1.807, 2.05) is 13.0 Å². The zero-order valence-corrected chi connectivity index (χ0v) is 19.4. The number of anilines is 1. The van der Waals surface area contributed by atoms with Crippen LogP contribution in [0.5, 0.6) is 0 Å². The van der Waals surface area contributed by atoms with Gasteiger partial charge in [-0.2, -0.15) is 10.5 Å². The molecule has 1 amide bonds. The van der Waals surface area contributed by atoms with Crippen molar-refractivity contribution in [1.82, 2.24) is 9.97 Å². The molecular weight excluding hydrogens is 414 g/mol. The van der Waals surface area contributed by atoms with Crippen LogP contribution in [0.3, 0.4) is 0 Å². The minimum absolute atomic E-state index is 0.101. The topological polar surface area (TPSA) is 123 Å². The summed E-state index contributed by atoms with van der Waals surface area (Å²) in [6, 6.07) is 11.4. The predicted octanol–water partition coefficient (Wildman–Crippen LogP) is 5.93. The predicted molar refractivity (Wildman–Crippen MR) is 121 cm³/mol. The third-order valence-electron chi connectivity index (χ3n) is 4.49. The van der Waals surface area contributed by atoms with Crippen LogP contribution in [0.2, 0.25) is 5.15 Å². The first kappa shape index (κ1) is 25.9. The molecule has 0 bridgehead atoms. The summed E-state index contributed by atoms with van der Waals surface area (Å²) in [5.74, 6) is 0.250. The molecule has 0 aromatic carbocycles. The molecule has 2 rings (SSSR count). The highest BCUT2D eigenvalue weighted by atomic mass is 35.5. The molecule has 0 aliphatic carbocycles. The van der Waals surface area contributed by atoms with Crippen LogP contribution >= 0.6 is 11.6 Å². The van der Waals surface area contributed by atoms with Gasteiger partial charge in [0.2, 0.25) is 0 Å². The second-order valence-electron chi connectivity index (χ2n) is 9.15. The molecule has 31 heavy (non-hydrogen) atoms. The number of pyridine rings is 2. The fraction of sp³-hybridized carbons (Fsp3) is 0.435. The number of amides is 1. The zero-order chi connectivity index (χ0) is 23.9. The van der Waals surface area contributed by atoms with Crippen molar-refractivity contribution < 1.29 is 9.90 Å². The number of carbonyl (C=O) groups is 1. The van der Waals surface area contributed by atoms with Crippen LogP contribution in [-0.4, -0.2) is 21.2 Å². The fourth-order valence-corrected chi connectivity index (χ4v) is 3.09. The van der Waals surface area contributed by atoms with Gasteiger partial charge < -0.3 is 5.11 Å². The van der Waals surface area contributed by atoms with E-state index in [1.165, 1.54) is 12.3 Å². The van der Waals surface area contributed by atoms with Gasteiger partial charge >= 0.3 is 6.09 Å². The van der Waals surface area contributed by atoms with E-state index < -0.39 is 16.9 Å². The zero-order valence-electron chi connectivity index (χ0n) is 18.7. The number of nitrogens with one attached hydrogen (secondary N) is 1. The van der Waals surface area contributed by atoms with Gasteiger partial charge in [-0.3, -0.25) is 5.32 Å². The highest BCUT2D eigenvalue weighted by Crippen LogP contribution is 2.36. The Bertz CT molecular complexity index is 968. The number of halogens is 1. The van der Waals surface area contributed by atoms with Crippen molar-refractivity contribution in [3.8, 4) is 12.1 Å². The molecule has 1 atom stereocenters. The van der Waals surface area contributed by atoms with E-state index in [1.54, 1.807) is 32.2 Å². The molecule has 0 radical (unpaired) electrons. The number of carboxylic acid groups (broad SMARTS) is 1. The first-order valence-electron chi connectivity index (χ1n) is 9.63. The van der Waals surface area contributed by atoms with Gasteiger partial charge in [0.05, 0.1) is 23.0 Å². The van der Waals surface area contributed by atoms with Gasteiger partial charge in [0.25, 0.3) is 0 Å². The highest BCUT2D eigenvalue weighted by molar-refractivity contribution is 6.29. The summed E-state index contributed by atoms with van der Waals surface area (Å²) < 4.78 is 0. The molecule has 0 saturated heterocycles. The molecule has 0 fully saturated rings. The van der Waals surface area contributed by atoms with Gasteiger partial charge in [0.1, 0.15) is 11.0 Å². The lowest BCUT2D eigenvalue weighted by Gasteiger charge is -2.30. The van der Waals surface area contributed by atoms with Crippen LogP contribution in [-0.2, 0) is 10.8 Å². The van der Waals surface area contributed by atoms with Crippen LogP contribution in [0.25, 0.3) is 0 Å². The molecule has 2 aromatic rings. The smallest absolute Gasteiger partial charge is 0.410 e. The molecule has 8 heteroatoms. The molecule has 2 heterocycles. The number of nitriles is 2. The molecule has 0 spiro atoms. The normalized spacial score (nSPS) is 12.9. The Morgan fingerprint density at radius 2 is 1.58 bits per heavy atom. The lowest BCUT2D eigenvalue weighted by molar-refractivity contribution is 0.209. The lowest BCUT2D eigenvalue weighted by Crippen LogP contribution is -2.26. The number of rotatable bonds is 4. The molecule has 2 N–H and O–H groups in total. The summed E-state index contributed by atoms with van der Waals surface area (Å²) in [6.07, 6.45) is 2.82. The van der Waals surface area contributed by atoms with E-state index in [0.717, 1.165) is 17.5 Å². The van der Waals surface area contributed by atoms with Crippen molar-refractivity contribution >= 4 is 23.5 Å². The third kappa shape index (κ3) is 8.24. The molecule has 164 valence electrons. The minimum atomic E-state index is -1.16. The Hall–Kier alpha value is -3.16. The van der Waals surface area contributed by atoms with Gasteiger partial charge in [-0.05, 0) is 55.9 Å². The molecule has 0 aliphatic heterocycles. The number of hydrogen-bond donors (Lipinski definition) is 2. The Labute approximate surface area is 188 Å². The maximum absolute atomic E-state index is 10.3. The monoisotopic (exact) mass is 441 g/mol. The van der Waals surface area contributed by atoms with Gasteiger partial charge in [0, 0.05) is 12.4 Å². The van der Waals surface area contributed by atoms with Crippen molar-refractivity contribution in [1.29, 1.82) is 10.5 Å². The van der Waals surface area contributed by atoms with Crippen molar-refractivity contribution in [3.63, 3.8) is 0 Å². The van der Waals surface area contributed by atoms with E-state index in [2.05, 4.69) is 48.2 Å². The quantitative estimate of drug-likeness (QED) is 0.567. The largest absolute Gasteiger partial charge is 0.465 e. The summed E-state index contributed by atoms with van der Waals surface area (Å²) in [5.41, 5.74) is 0.657. The maximum Gasteiger partial charge on any atom is 0.410 e. The van der Waals surface area contributed by atoms with E-state index in [4.69, 9.17) is 22.0 Å². The Morgan fingerprint density at radius 3 is 1.97 bits per heavy atom. The van der Waals surface area contributed by atoms with Crippen LogP contribution in [0.1, 0.15) is 59.1 Å². The maximum atomic E-state index is 10.3. The summed E-state index contributed by atoms with van der Waals surface area (Å²) in [4.78, 5) is 18.2. The summed E-state index contributed by atoms with van der Waals surface area (Å²) in [6.45, 7) is 11.9. The summed E-state index contributed by atoms with van der Waals surface area (Å²) in [5, 5.41) is 29.3. The molecule has 0 aliphatic rings. The van der Waals surface area contributed by atoms with Gasteiger partial charge in [-0.15, -0.1) is 0 Å². The summed E-state index contributed by atoms with van der Waals surface area (Å²) in [7, 11) is 0. The molecule has 2 aromatic heterocycles. The fourth-order valence-electron chi connectivity index (χ4n) is 2.98. The van der Waals surface area contributed by atoms with Crippen molar-refractivity contribution in [2.45, 2.75) is 58.8 Å². The van der Waals surface area contributed by atoms with Crippen LogP contribution in [0.4, 0.5) is 10.6 Å². The van der Waals surface area contributed by atoms with E-state index in [-0.39, 0.29) is 11.2 Å². The van der Waals surface area contributed by atoms with Gasteiger partial charge in [-0.25, -0.2) is 14.8 Å². The molecular formula is C23H28ClN5O2. The van der Waals surface area contributed by atoms with Crippen molar-refractivity contribution in [3.05, 3.63) is 52.9 Å². The second kappa shape index (κ2) is 10.2. The Morgan fingerprint density at radius 1 is 1.00 bits per heavy atom. The standard InChI is InChI=1S/C13H17ClN2.C10H11N3O2/c1-12(2,3)8-13(4,9-15)10-5-6-11(14)16-7-10;1-10(2,6-11)7-3-4-8(12-5-7)13-9(14)15/h5-7H,8H2,1-4H3;3-5H,1-2H3,(H,12,13)(H,14,15). The summed E-state index contributed by atoms with van der Waals surface area (Å²) >= 11 is 5.74. The Kier molecular flexibility index (Phi) is 8.55. The van der Waals surface area contributed by atoms with Gasteiger partial charge in [-0.1, -0.05) is 44.5 Å². The molecule has 0 saturated carbocycles. The number of nitrogens with zero attached hydrogens (tertiary/aromatic N) is 4. The lowest BCUT2D eigenvalue weighted by atomic mass is 9.72. The second-order valence-corrected chi connectivity index (χ2v) is 9.54. The van der Waals surface area contributed by atoms with Crippen LogP contribution < -0.4 is 5.32 Å². The van der Waals surface area contributed by atoms with E-state index >= 15 is 0 Å². The Balaban J connectivity index is 0.000000311.